The maximum absolute atomic E-state index is 11.8. The molecule has 2 rings (SSSR count). The molecular weight excluding hydrogens is 284 g/mol. The highest BCUT2D eigenvalue weighted by Crippen LogP contribution is 2.40. The summed E-state index contributed by atoms with van der Waals surface area (Å²) in [6, 6.07) is 3.78. The molecular formula is C16H24N2O2S. The fourth-order valence-electron chi connectivity index (χ4n) is 2.91. The van der Waals surface area contributed by atoms with Crippen molar-refractivity contribution < 1.29 is 9.53 Å². The number of esters is 1. The zero-order chi connectivity index (χ0) is 15.5. The van der Waals surface area contributed by atoms with Gasteiger partial charge in [0, 0.05) is 22.7 Å². The second-order valence-electron chi connectivity index (χ2n) is 5.69. The van der Waals surface area contributed by atoms with Gasteiger partial charge in [-0.2, -0.15) is 11.8 Å². The lowest BCUT2D eigenvalue weighted by Crippen LogP contribution is -2.30. The van der Waals surface area contributed by atoms with Crippen molar-refractivity contribution in [1.82, 2.24) is 0 Å². The molecule has 3 N–H and O–H groups in total. The zero-order valence-corrected chi connectivity index (χ0v) is 13.8. The van der Waals surface area contributed by atoms with Gasteiger partial charge in [-0.05, 0) is 43.7 Å². The van der Waals surface area contributed by atoms with Crippen molar-refractivity contribution in [1.29, 1.82) is 0 Å². The minimum Gasteiger partial charge on any atom is -0.465 e. The van der Waals surface area contributed by atoms with Gasteiger partial charge in [0.2, 0.25) is 0 Å². The summed E-state index contributed by atoms with van der Waals surface area (Å²) in [5.41, 5.74) is 8.72. The molecule has 1 aromatic rings. The summed E-state index contributed by atoms with van der Waals surface area (Å²) in [5, 5.41) is 3.48. The molecule has 0 spiro atoms. The SMILES string of the molecule is COC(=O)c1cc(NCC2(SC)CCCC2)cc(C)c1N. The van der Waals surface area contributed by atoms with Gasteiger partial charge in [-0.3, -0.25) is 0 Å². The predicted molar refractivity (Wildman–Crippen MR) is 90.1 cm³/mol. The van der Waals surface area contributed by atoms with Crippen LogP contribution in [0.1, 0.15) is 41.6 Å². The smallest absolute Gasteiger partial charge is 0.340 e. The molecule has 0 atom stereocenters. The molecule has 1 aliphatic rings. The Morgan fingerprint density at radius 2 is 2.10 bits per heavy atom. The summed E-state index contributed by atoms with van der Waals surface area (Å²) >= 11 is 1.94. The Morgan fingerprint density at radius 1 is 1.43 bits per heavy atom. The van der Waals surface area contributed by atoms with E-state index in [1.165, 1.54) is 32.8 Å². The second kappa shape index (κ2) is 6.60. The number of carbonyl (C=O) groups is 1. The summed E-state index contributed by atoms with van der Waals surface area (Å²) in [6.07, 6.45) is 7.28. The highest BCUT2D eigenvalue weighted by molar-refractivity contribution is 8.00. The first-order valence-corrected chi connectivity index (χ1v) is 8.51. The Labute approximate surface area is 130 Å². The van der Waals surface area contributed by atoms with E-state index in [-0.39, 0.29) is 5.97 Å². The van der Waals surface area contributed by atoms with Crippen LogP contribution in [0.2, 0.25) is 0 Å². The van der Waals surface area contributed by atoms with Crippen molar-refractivity contribution in [2.75, 3.05) is 31.0 Å². The number of hydrogen-bond acceptors (Lipinski definition) is 5. The summed E-state index contributed by atoms with van der Waals surface area (Å²) < 4.78 is 5.12. The normalized spacial score (nSPS) is 16.7. The molecule has 1 aromatic carbocycles. The summed E-state index contributed by atoms with van der Waals surface area (Å²) in [6.45, 7) is 2.82. The minimum atomic E-state index is -0.389. The van der Waals surface area contributed by atoms with Crippen LogP contribution in [0.3, 0.4) is 0 Å². The van der Waals surface area contributed by atoms with Crippen LogP contribution >= 0.6 is 11.8 Å². The van der Waals surface area contributed by atoms with Crippen LogP contribution in [0.15, 0.2) is 12.1 Å². The van der Waals surface area contributed by atoms with E-state index in [1.807, 2.05) is 24.8 Å². The number of anilines is 2. The molecule has 116 valence electrons. The summed E-state index contributed by atoms with van der Waals surface area (Å²) in [5.74, 6) is -0.389. The van der Waals surface area contributed by atoms with Gasteiger partial charge >= 0.3 is 5.97 Å². The van der Waals surface area contributed by atoms with Gasteiger partial charge in [0.25, 0.3) is 0 Å². The number of nitrogens with two attached hydrogens (primary N) is 1. The Balaban J connectivity index is 2.17. The van der Waals surface area contributed by atoms with Crippen LogP contribution in [0.25, 0.3) is 0 Å². The molecule has 1 aliphatic carbocycles. The van der Waals surface area contributed by atoms with E-state index in [9.17, 15) is 4.79 Å². The molecule has 0 heterocycles. The van der Waals surface area contributed by atoms with Crippen molar-refractivity contribution in [3.8, 4) is 0 Å². The van der Waals surface area contributed by atoms with E-state index in [2.05, 4.69) is 11.6 Å². The Hall–Kier alpha value is -1.36. The number of nitrogen functional groups attached to an aromatic ring is 1. The van der Waals surface area contributed by atoms with Gasteiger partial charge in [-0.1, -0.05) is 12.8 Å². The van der Waals surface area contributed by atoms with E-state index in [0.29, 0.717) is 16.0 Å². The number of thioether (sulfide) groups is 1. The van der Waals surface area contributed by atoms with Gasteiger partial charge in [0.1, 0.15) is 0 Å². The number of methoxy groups -OCH3 is 1. The number of ether oxygens (including phenoxy) is 1. The average Bonchev–Trinajstić information content (AvgIpc) is 2.97. The van der Waals surface area contributed by atoms with Gasteiger partial charge in [-0.25, -0.2) is 4.79 Å². The quantitative estimate of drug-likeness (QED) is 0.644. The van der Waals surface area contributed by atoms with Crippen molar-refractivity contribution in [2.24, 2.45) is 0 Å². The first-order valence-electron chi connectivity index (χ1n) is 7.29. The van der Waals surface area contributed by atoms with Gasteiger partial charge < -0.3 is 15.8 Å². The van der Waals surface area contributed by atoms with Crippen LogP contribution < -0.4 is 11.1 Å². The van der Waals surface area contributed by atoms with Gasteiger partial charge in [0.05, 0.1) is 12.7 Å². The number of hydrogen-bond donors (Lipinski definition) is 2. The number of aryl methyl sites for hydroxylation is 1. The van der Waals surface area contributed by atoms with Crippen LogP contribution in [-0.4, -0.2) is 30.6 Å². The lowest BCUT2D eigenvalue weighted by molar-refractivity contribution is 0.0602. The predicted octanol–water partition coefficient (Wildman–Crippen LogP) is 3.45. The van der Waals surface area contributed by atoms with Crippen molar-refractivity contribution in [3.63, 3.8) is 0 Å². The molecule has 0 radical (unpaired) electrons. The van der Waals surface area contributed by atoms with Crippen LogP contribution in [0.5, 0.6) is 0 Å². The number of benzene rings is 1. The van der Waals surface area contributed by atoms with Gasteiger partial charge in [0.15, 0.2) is 0 Å². The van der Waals surface area contributed by atoms with E-state index in [1.54, 1.807) is 6.07 Å². The second-order valence-corrected chi connectivity index (χ2v) is 6.97. The zero-order valence-electron chi connectivity index (χ0n) is 13.0. The topological polar surface area (TPSA) is 64.3 Å². The first-order chi connectivity index (χ1) is 10.0. The highest BCUT2D eigenvalue weighted by atomic mass is 32.2. The molecule has 1 fully saturated rings. The molecule has 0 saturated heterocycles. The lowest BCUT2D eigenvalue weighted by Gasteiger charge is -2.27. The van der Waals surface area contributed by atoms with Gasteiger partial charge in [-0.15, -0.1) is 0 Å². The number of rotatable bonds is 5. The van der Waals surface area contributed by atoms with E-state index in [4.69, 9.17) is 10.5 Å². The molecule has 0 aliphatic heterocycles. The van der Waals surface area contributed by atoms with Crippen molar-refractivity contribution in [3.05, 3.63) is 23.3 Å². The molecule has 5 heteroatoms. The highest BCUT2D eigenvalue weighted by Gasteiger charge is 2.32. The standard InChI is InChI=1S/C16H24N2O2S/c1-11-8-12(9-13(14(11)17)15(19)20-2)18-10-16(21-3)6-4-5-7-16/h8-9,18H,4-7,10,17H2,1-3H3. The average molecular weight is 308 g/mol. The Kier molecular flexibility index (Phi) is 5.04. The van der Waals surface area contributed by atoms with Crippen LogP contribution in [0, 0.1) is 6.92 Å². The fraction of sp³-hybridized carbons (Fsp3) is 0.562. The number of carbonyl (C=O) groups excluding carboxylic acids is 1. The van der Waals surface area contributed by atoms with E-state index < -0.39 is 0 Å². The summed E-state index contributed by atoms with van der Waals surface area (Å²) in [4.78, 5) is 11.8. The largest absolute Gasteiger partial charge is 0.465 e. The summed E-state index contributed by atoms with van der Waals surface area (Å²) in [7, 11) is 1.37. The Morgan fingerprint density at radius 3 is 2.67 bits per heavy atom. The maximum Gasteiger partial charge on any atom is 0.340 e. The molecule has 0 amide bonds. The van der Waals surface area contributed by atoms with Crippen molar-refractivity contribution in [2.45, 2.75) is 37.4 Å². The lowest BCUT2D eigenvalue weighted by atomic mass is 10.0. The van der Waals surface area contributed by atoms with Crippen LogP contribution in [-0.2, 0) is 4.74 Å². The molecule has 0 bridgehead atoms. The fourth-order valence-corrected chi connectivity index (χ4v) is 3.83. The minimum absolute atomic E-state index is 0.320. The maximum atomic E-state index is 11.8. The molecule has 1 saturated carbocycles. The molecule has 21 heavy (non-hydrogen) atoms. The third kappa shape index (κ3) is 3.46. The van der Waals surface area contributed by atoms with Crippen LogP contribution in [0.4, 0.5) is 11.4 Å². The first kappa shape index (κ1) is 16.0. The monoisotopic (exact) mass is 308 g/mol. The third-order valence-electron chi connectivity index (χ3n) is 4.35. The Bertz CT molecular complexity index is 525. The van der Waals surface area contributed by atoms with Crippen molar-refractivity contribution >= 4 is 29.1 Å². The number of nitrogens with one attached hydrogen (secondary N) is 1. The third-order valence-corrected chi connectivity index (χ3v) is 5.77. The van der Waals surface area contributed by atoms with E-state index >= 15 is 0 Å². The molecule has 0 aromatic heterocycles. The molecule has 4 nitrogen and oxygen atoms in total. The molecule has 0 unspecified atom stereocenters. The van der Waals surface area contributed by atoms with E-state index in [0.717, 1.165) is 17.8 Å².